The molecular formula is C13H15BrO2. The first-order valence-corrected chi connectivity index (χ1v) is 6.39. The Balaban J connectivity index is 2.09. The molecule has 2 nitrogen and oxygen atoms in total. The van der Waals surface area contributed by atoms with Crippen LogP contribution in [0.25, 0.3) is 0 Å². The van der Waals surface area contributed by atoms with Gasteiger partial charge in [0.05, 0.1) is 12.2 Å². The maximum absolute atomic E-state index is 11.4. The zero-order valence-corrected chi connectivity index (χ0v) is 10.9. The molecular weight excluding hydrogens is 268 g/mol. The van der Waals surface area contributed by atoms with Crippen LogP contribution in [0.3, 0.4) is 0 Å². The van der Waals surface area contributed by atoms with Gasteiger partial charge in [-0.2, -0.15) is 0 Å². The van der Waals surface area contributed by atoms with Gasteiger partial charge in [0, 0.05) is 4.47 Å². The summed E-state index contributed by atoms with van der Waals surface area (Å²) in [5.74, 6) is 1.43. The summed E-state index contributed by atoms with van der Waals surface area (Å²) in [6.45, 7) is 2.30. The number of hydrogen-bond acceptors (Lipinski definition) is 2. The second kappa shape index (κ2) is 5.00. The smallest absolute Gasteiger partial charge is 0.163 e. The average Bonchev–Trinajstić information content (AvgIpc) is 2.14. The second-order valence-corrected chi connectivity index (χ2v) is 5.22. The normalized spacial score (nSPS) is 15.6. The van der Waals surface area contributed by atoms with Crippen molar-refractivity contribution in [2.24, 2.45) is 5.92 Å². The van der Waals surface area contributed by atoms with E-state index in [9.17, 15) is 4.79 Å². The minimum atomic E-state index is 0.0520. The van der Waals surface area contributed by atoms with Crippen LogP contribution in [0.15, 0.2) is 22.7 Å². The van der Waals surface area contributed by atoms with E-state index in [0.29, 0.717) is 17.2 Å². The van der Waals surface area contributed by atoms with Crippen molar-refractivity contribution in [3.05, 3.63) is 28.2 Å². The fraction of sp³-hybridized carbons (Fsp3) is 0.462. The molecule has 0 bridgehead atoms. The maximum Gasteiger partial charge on any atom is 0.163 e. The number of Topliss-reactive ketones (excluding diaryl/α,β-unsaturated/α-hetero) is 1. The molecule has 1 fully saturated rings. The highest BCUT2D eigenvalue weighted by Gasteiger charge is 2.19. The highest BCUT2D eigenvalue weighted by molar-refractivity contribution is 9.10. The topological polar surface area (TPSA) is 26.3 Å². The van der Waals surface area contributed by atoms with Crippen LogP contribution in [-0.2, 0) is 0 Å². The molecule has 0 N–H and O–H groups in total. The molecule has 0 saturated heterocycles. The molecule has 16 heavy (non-hydrogen) atoms. The molecule has 0 radical (unpaired) electrons. The van der Waals surface area contributed by atoms with Crippen molar-refractivity contribution in [1.82, 2.24) is 0 Å². The molecule has 0 heterocycles. The number of carbonyl (C=O) groups excluding carboxylic acids is 1. The summed E-state index contributed by atoms with van der Waals surface area (Å²) in [6.07, 6.45) is 3.82. The minimum Gasteiger partial charge on any atom is -0.493 e. The van der Waals surface area contributed by atoms with Gasteiger partial charge in [-0.1, -0.05) is 22.4 Å². The van der Waals surface area contributed by atoms with E-state index in [2.05, 4.69) is 15.9 Å². The Hall–Kier alpha value is -0.830. The predicted octanol–water partition coefficient (Wildman–Crippen LogP) is 3.83. The summed E-state index contributed by atoms with van der Waals surface area (Å²) in [5.41, 5.74) is 0.669. The minimum absolute atomic E-state index is 0.0520. The van der Waals surface area contributed by atoms with Gasteiger partial charge in [0.15, 0.2) is 5.78 Å². The van der Waals surface area contributed by atoms with Crippen molar-refractivity contribution in [2.45, 2.75) is 26.2 Å². The molecule has 1 saturated carbocycles. The van der Waals surface area contributed by atoms with Gasteiger partial charge >= 0.3 is 0 Å². The molecule has 1 aromatic rings. The van der Waals surface area contributed by atoms with E-state index in [1.165, 1.54) is 19.3 Å². The molecule has 1 aliphatic rings. The maximum atomic E-state index is 11.4. The molecule has 1 aliphatic carbocycles. The lowest BCUT2D eigenvalue weighted by Gasteiger charge is -2.25. The summed E-state index contributed by atoms with van der Waals surface area (Å²) in [5, 5.41) is 0. The van der Waals surface area contributed by atoms with E-state index in [1.807, 2.05) is 18.2 Å². The number of ketones is 1. The van der Waals surface area contributed by atoms with Crippen LogP contribution in [0.5, 0.6) is 5.75 Å². The number of halogens is 1. The molecule has 86 valence electrons. The third-order valence-electron chi connectivity index (χ3n) is 3.02. The first-order valence-electron chi connectivity index (χ1n) is 5.60. The second-order valence-electron chi connectivity index (χ2n) is 4.30. The number of carbonyl (C=O) groups is 1. The Labute approximate surface area is 104 Å². The molecule has 2 rings (SSSR count). The molecule has 0 aromatic heterocycles. The van der Waals surface area contributed by atoms with Crippen molar-refractivity contribution >= 4 is 21.7 Å². The Bertz CT molecular complexity index is 397. The van der Waals surface area contributed by atoms with E-state index < -0.39 is 0 Å². The first kappa shape index (κ1) is 11.6. The van der Waals surface area contributed by atoms with Crippen LogP contribution in [0.4, 0.5) is 0 Å². The number of ether oxygens (including phenoxy) is 1. The Morgan fingerprint density at radius 3 is 2.81 bits per heavy atom. The quantitative estimate of drug-likeness (QED) is 0.785. The zero-order chi connectivity index (χ0) is 11.5. The van der Waals surface area contributed by atoms with Gasteiger partial charge in [-0.25, -0.2) is 0 Å². The SMILES string of the molecule is CC(=O)c1ccc(Br)cc1OCC1CCC1. The van der Waals surface area contributed by atoms with E-state index >= 15 is 0 Å². The number of hydrogen-bond donors (Lipinski definition) is 0. The number of benzene rings is 1. The van der Waals surface area contributed by atoms with Crippen molar-refractivity contribution < 1.29 is 9.53 Å². The van der Waals surface area contributed by atoms with Crippen molar-refractivity contribution in [3.8, 4) is 5.75 Å². The Morgan fingerprint density at radius 2 is 2.25 bits per heavy atom. The molecule has 1 aromatic carbocycles. The summed E-state index contributed by atoms with van der Waals surface area (Å²) < 4.78 is 6.68. The zero-order valence-electron chi connectivity index (χ0n) is 9.33. The van der Waals surface area contributed by atoms with E-state index in [1.54, 1.807) is 6.92 Å². The highest BCUT2D eigenvalue weighted by Crippen LogP contribution is 2.29. The lowest BCUT2D eigenvalue weighted by Crippen LogP contribution is -2.19. The van der Waals surface area contributed by atoms with Gasteiger partial charge in [-0.15, -0.1) is 0 Å². The molecule has 0 unspecified atom stereocenters. The van der Waals surface area contributed by atoms with Crippen LogP contribution < -0.4 is 4.74 Å². The standard InChI is InChI=1S/C13H15BrO2/c1-9(15)12-6-5-11(14)7-13(12)16-8-10-3-2-4-10/h5-7,10H,2-4,8H2,1H3. The van der Waals surface area contributed by atoms with E-state index in [-0.39, 0.29) is 5.78 Å². The van der Waals surface area contributed by atoms with Gasteiger partial charge in [0.25, 0.3) is 0 Å². The van der Waals surface area contributed by atoms with Gasteiger partial charge in [-0.3, -0.25) is 4.79 Å². The molecule has 3 heteroatoms. The predicted molar refractivity (Wildman–Crippen MR) is 67.0 cm³/mol. The van der Waals surface area contributed by atoms with Crippen LogP contribution in [0, 0.1) is 5.92 Å². The third kappa shape index (κ3) is 2.64. The van der Waals surface area contributed by atoms with E-state index in [4.69, 9.17) is 4.74 Å². The van der Waals surface area contributed by atoms with Crippen LogP contribution in [0.2, 0.25) is 0 Å². The van der Waals surface area contributed by atoms with Crippen molar-refractivity contribution in [3.63, 3.8) is 0 Å². The molecule has 0 aliphatic heterocycles. The lowest BCUT2D eigenvalue weighted by molar-refractivity contribution is 0.101. The van der Waals surface area contributed by atoms with Crippen LogP contribution in [0.1, 0.15) is 36.5 Å². The molecule has 0 amide bonds. The average molecular weight is 283 g/mol. The Kier molecular flexibility index (Phi) is 3.64. The number of rotatable bonds is 4. The fourth-order valence-electron chi connectivity index (χ4n) is 1.77. The van der Waals surface area contributed by atoms with Gasteiger partial charge < -0.3 is 4.74 Å². The molecule has 0 atom stereocenters. The summed E-state index contributed by atoms with van der Waals surface area (Å²) >= 11 is 3.39. The summed E-state index contributed by atoms with van der Waals surface area (Å²) in [6, 6.07) is 5.55. The van der Waals surface area contributed by atoms with Gasteiger partial charge in [0.2, 0.25) is 0 Å². The monoisotopic (exact) mass is 282 g/mol. The third-order valence-corrected chi connectivity index (χ3v) is 3.52. The fourth-order valence-corrected chi connectivity index (χ4v) is 2.11. The summed E-state index contributed by atoms with van der Waals surface area (Å²) in [4.78, 5) is 11.4. The van der Waals surface area contributed by atoms with Crippen molar-refractivity contribution in [2.75, 3.05) is 6.61 Å². The van der Waals surface area contributed by atoms with Crippen molar-refractivity contribution in [1.29, 1.82) is 0 Å². The van der Waals surface area contributed by atoms with Gasteiger partial charge in [-0.05, 0) is 43.9 Å². The van der Waals surface area contributed by atoms with Gasteiger partial charge in [0.1, 0.15) is 5.75 Å². The summed E-state index contributed by atoms with van der Waals surface area (Å²) in [7, 11) is 0. The lowest BCUT2D eigenvalue weighted by atomic mass is 9.86. The largest absolute Gasteiger partial charge is 0.493 e. The Morgan fingerprint density at radius 1 is 1.50 bits per heavy atom. The van der Waals surface area contributed by atoms with E-state index in [0.717, 1.165) is 11.1 Å². The van der Waals surface area contributed by atoms with Crippen LogP contribution in [-0.4, -0.2) is 12.4 Å². The highest BCUT2D eigenvalue weighted by atomic mass is 79.9. The van der Waals surface area contributed by atoms with Crippen LogP contribution >= 0.6 is 15.9 Å². The molecule has 0 spiro atoms. The first-order chi connectivity index (χ1) is 7.66.